The topological polar surface area (TPSA) is 46.5 Å². The van der Waals surface area contributed by atoms with Crippen molar-refractivity contribution >= 4 is 5.91 Å². The summed E-state index contributed by atoms with van der Waals surface area (Å²) in [5, 5.41) is 3.00. The van der Waals surface area contributed by atoms with Gasteiger partial charge in [-0.25, -0.2) is 0 Å². The van der Waals surface area contributed by atoms with Gasteiger partial charge in [0, 0.05) is 31.0 Å². The molecule has 1 atom stereocenters. The van der Waals surface area contributed by atoms with E-state index in [-0.39, 0.29) is 11.9 Å². The number of rotatable bonds is 6. The van der Waals surface area contributed by atoms with Crippen LogP contribution in [0.3, 0.4) is 0 Å². The van der Waals surface area contributed by atoms with Crippen molar-refractivity contribution < 1.29 is 9.53 Å². The second kappa shape index (κ2) is 7.13. The molecule has 22 heavy (non-hydrogen) atoms. The third-order valence-electron chi connectivity index (χ3n) is 3.76. The molecule has 1 N–H and O–H groups in total. The smallest absolute Gasteiger partial charge is 0.251 e. The van der Waals surface area contributed by atoms with Gasteiger partial charge in [0.2, 0.25) is 0 Å². The Hall–Kier alpha value is -2.27. The maximum atomic E-state index is 12.2. The van der Waals surface area contributed by atoms with Crippen LogP contribution in [-0.2, 0) is 7.05 Å². The highest BCUT2D eigenvalue weighted by Crippen LogP contribution is 2.17. The molecule has 1 amide bonds. The Labute approximate surface area is 131 Å². The maximum Gasteiger partial charge on any atom is 0.251 e. The van der Waals surface area contributed by atoms with Gasteiger partial charge in [-0.15, -0.1) is 0 Å². The van der Waals surface area contributed by atoms with Crippen LogP contribution in [0.5, 0.6) is 5.75 Å². The average molecular weight is 301 g/mol. The number of aryl methyl sites for hydroxylation is 1. The van der Waals surface area contributed by atoms with Crippen molar-refractivity contribution in [2.75, 3.05) is 27.7 Å². The van der Waals surface area contributed by atoms with Gasteiger partial charge < -0.3 is 14.6 Å². The molecule has 0 radical (unpaired) electrons. The molecule has 5 heteroatoms. The van der Waals surface area contributed by atoms with E-state index >= 15 is 0 Å². The molecule has 0 aliphatic rings. The molecule has 1 unspecified atom stereocenters. The lowest BCUT2D eigenvalue weighted by molar-refractivity contribution is 0.0941. The summed E-state index contributed by atoms with van der Waals surface area (Å²) in [6, 6.07) is 11.3. The van der Waals surface area contributed by atoms with Gasteiger partial charge in [-0.05, 0) is 50.5 Å². The summed E-state index contributed by atoms with van der Waals surface area (Å²) in [7, 11) is 7.64. The third-order valence-corrected chi connectivity index (χ3v) is 3.76. The van der Waals surface area contributed by atoms with Crippen LogP contribution in [-0.4, -0.2) is 43.1 Å². The number of nitrogens with zero attached hydrogens (tertiary/aromatic N) is 2. The van der Waals surface area contributed by atoms with Gasteiger partial charge >= 0.3 is 0 Å². The van der Waals surface area contributed by atoms with E-state index in [1.54, 1.807) is 31.4 Å². The van der Waals surface area contributed by atoms with Gasteiger partial charge in [0.05, 0.1) is 13.2 Å². The summed E-state index contributed by atoms with van der Waals surface area (Å²) in [4.78, 5) is 14.3. The van der Waals surface area contributed by atoms with Gasteiger partial charge in [-0.1, -0.05) is 0 Å². The van der Waals surface area contributed by atoms with Crippen LogP contribution >= 0.6 is 0 Å². The molecular weight excluding hydrogens is 278 g/mol. The second-order valence-electron chi connectivity index (χ2n) is 5.46. The molecule has 1 heterocycles. The summed E-state index contributed by atoms with van der Waals surface area (Å²) in [6.45, 7) is 0.551. The fraction of sp³-hybridized carbons (Fsp3) is 0.353. The lowest BCUT2D eigenvalue weighted by atomic mass is 10.1. The van der Waals surface area contributed by atoms with Crippen LogP contribution in [0.4, 0.5) is 0 Å². The van der Waals surface area contributed by atoms with Crippen LogP contribution in [0.2, 0.25) is 0 Å². The molecule has 1 aromatic heterocycles. The highest BCUT2D eigenvalue weighted by Gasteiger charge is 2.18. The number of hydrogen-bond donors (Lipinski definition) is 1. The predicted octanol–water partition coefficient (Wildman–Crippen LogP) is 2.07. The second-order valence-corrected chi connectivity index (χ2v) is 5.46. The van der Waals surface area contributed by atoms with Crippen molar-refractivity contribution in [3.05, 3.63) is 53.9 Å². The minimum absolute atomic E-state index is 0.0799. The number of ether oxygens (including phenoxy) is 1. The predicted molar refractivity (Wildman–Crippen MR) is 87.2 cm³/mol. The first-order valence-electron chi connectivity index (χ1n) is 7.23. The van der Waals surface area contributed by atoms with Gasteiger partial charge in [-0.2, -0.15) is 0 Å². The summed E-state index contributed by atoms with van der Waals surface area (Å²) < 4.78 is 7.17. The SMILES string of the molecule is COc1ccc(C(=O)NCC(c2cccn2C)N(C)C)cc1. The zero-order valence-electron chi connectivity index (χ0n) is 13.5. The first-order valence-corrected chi connectivity index (χ1v) is 7.23. The van der Waals surface area contributed by atoms with Crippen molar-refractivity contribution in [1.82, 2.24) is 14.8 Å². The molecule has 0 bridgehead atoms. The van der Waals surface area contributed by atoms with E-state index < -0.39 is 0 Å². The summed E-state index contributed by atoms with van der Waals surface area (Å²) >= 11 is 0. The largest absolute Gasteiger partial charge is 0.497 e. The highest BCUT2D eigenvalue weighted by molar-refractivity contribution is 5.94. The Morgan fingerprint density at radius 2 is 1.95 bits per heavy atom. The van der Waals surface area contributed by atoms with E-state index in [1.807, 2.05) is 33.4 Å². The zero-order chi connectivity index (χ0) is 16.1. The Morgan fingerprint density at radius 3 is 2.45 bits per heavy atom. The van der Waals surface area contributed by atoms with E-state index in [4.69, 9.17) is 4.74 Å². The van der Waals surface area contributed by atoms with Gasteiger partial charge in [-0.3, -0.25) is 9.69 Å². The van der Waals surface area contributed by atoms with Gasteiger partial charge in [0.1, 0.15) is 5.75 Å². The molecule has 0 aliphatic heterocycles. The number of hydrogen-bond acceptors (Lipinski definition) is 3. The quantitative estimate of drug-likeness (QED) is 0.888. The minimum atomic E-state index is -0.0799. The summed E-state index contributed by atoms with van der Waals surface area (Å²) in [5.74, 6) is 0.662. The number of benzene rings is 1. The van der Waals surface area contributed by atoms with Crippen LogP contribution < -0.4 is 10.1 Å². The van der Waals surface area contributed by atoms with E-state index in [0.29, 0.717) is 12.1 Å². The third kappa shape index (κ3) is 3.68. The minimum Gasteiger partial charge on any atom is -0.497 e. The molecule has 118 valence electrons. The first kappa shape index (κ1) is 16.1. The molecule has 5 nitrogen and oxygen atoms in total. The fourth-order valence-corrected chi connectivity index (χ4v) is 2.41. The molecule has 2 aromatic rings. The van der Waals surface area contributed by atoms with E-state index in [0.717, 1.165) is 5.75 Å². The fourth-order valence-electron chi connectivity index (χ4n) is 2.41. The lowest BCUT2D eigenvalue weighted by Gasteiger charge is -2.25. The normalized spacial score (nSPS) is 12.2. The number of amides is 1. The van der Waals surface area contributed by atoms with Crippen LogP contribution in [0, 0.1) is 0 Å². The van der Waals surface area contributed by atoms with Gasteiger partial charge in [0.25, 0.3) is 5.91 Å². The molecule has 0 aliphatic carbocycles. The average Bonchev–Trinajstić information content (AvgIpc) is 2.93. The number of likely N-dealkylation sites (N-methyl/N-ethyl adjacent to an activating group) is 1. The van der Waals surface area contributed by atoms with Crippen molar-refractivity contribution in [3.8, 4) is 5.75 Å². The monoisotopic (exact) mass is 301 g/mol. The molecular formula is C17H23N3O2. The van der Waals surface area contributed by atoms with E-state index in [1.165, 1.54) is 5.69 Å². The molecule has 0 fully saturated rings. The van der Waals surface area contributed by atoms with Crippen LogP contribution in [0.1, 0.15) is 22.1 Å². The summed E-state index contributed by atoms with van der Waals surface area (Å²) in [5.41, 5.74) is 1.80. The number of methoxy groups -OCH3 is 1. The molecule has 2 rings (SSSR count). The van der Waals surface area contributed by atoms with Gasteiger partial charge in [0.15, 0.2) is 0 Å². The standard InChI is InChI=1S/C17H23N3O2/c1-19(2)16(15-6-5-11-20(15)3)12-18-17(21)13-7-9-14(22-4)10-8-13/h5-11,16H,12H2,1-4H3,(H,18,21). The molecule has 0 saturated carbocycles. The Balaban J connectivity index is 2.03. The van der Waals surface area contributed by atoms with Crippen LogP contribution in [0.25, 0.3) is 0 Å². The van der Waals surface area contributed by atoms with E-state index in [9.17, 15) is 4.79 Å². The highest BCUT2D eigenvalue weighted by atomic mass is 16.5. The van der Waals surface area contributed by atoms with Crippen molar-refractivity contribution in [3.63, 3.8) is 0 Å². The Morgan fingerprint density at radius 1 is 1.27 bits per heavy atom. The van der Waals surface area contributed by atoms with Crippen molar-refractivity contribution in [2.45, 2.75) is 6.04 Å². The number of carbonyl (C=O) groups excluding carboxylic acids is 1. The number of nitrogens with one attached hydrogen (secondary N) is 1. The number of aromatic nitrogens is 1. The molecule has 0 saturated heterocycles. The number of carbonyl (C=O) groups is 1. The maximum absolute atomic E-state index is 12.2. The van der Waals surface area contributed by atoms with E-state index in [2.05, 4.69) is 20.9 Å². The lowest BCUT2D eigenvalue weighted by Crippen LogP contribution is -2.35. The van der Waals surface area contributed by atoms with Crippen LogP contribution in [0.15, 0.2) is 42.6 Å². The molecule has 0 spiro atoms. The molecule has 1 aromatic carbocycles. The van der Waals surface area contributed by atoms with Crippen molar-refractivity contribution in [2.24, 2.45) is 7.05 Å². The summed E-state index contributed by atoms with van der Waals surface area (Å²) in [6.07, 6.45) is 2.01. The first-order chi connectivity index (χ1) is 10.5. The van der Waals surface area contributed by atoms with Crippen molar-refractivity contribution in [1.29, 1.82) is 0 Å². The Kier molecular flexibility index (Phi) is 5.22. The zero-order valence-corrected chi connectivity index (χ0v) is 13.5. The Bertz CT molecular complexity index is 617.